The van der Waals surface area contributed by atoms with Gasteiger partial charge in [-0.15, -0.1) is 10.2 Å². The number of hydrogen-bond acceptors (Lipinski definition) is 6. The van der Waals surface area contributed by atoms with Crippen LogP contribution in [-0.2, 0) is 9.53 Å². The van der Waals surface area contributed by atoms with Crippen molar-refractivity contribution in [1.82, 2.24) is 25.0 Å². The summed E-state index contributed by atoms with van der Waals surface area (Å²) in [6.45, 7) is 3.44. The van der Waals surface area contributed by atoms with Crippen molar-refractivity contribution in [3.8, 4) is 0 Å². The zero-order chi connectivity index (χ0) is 18.8. The summed E-state index contributed by atoms with van der Waals surface area (Å²) >= 11 is 1.48. The lowest BCUT2D eigenvalue weighted by Gasteiger charge is -2.31. The minimum atomic E-state index is -0.260. The number of nitrogens with zero attached hydrogens (tertiary/aromatic N) is 4. The molecule has 4 rings (SSSR count). The second-order valence-corrected chi connectivity index (χ2v) is 8.48. The molecule has 0 spiro atoms. The Bertz CT molecular complexity index is 693. The third-order valence-electron chi connectivity index (χ3n) is 5.26. The molecule has 1 N–H and O–H groups in total. The summed E-state index contributed by atoms with van der Waals surface area (Å²) < 4.78 is 7.30. The molecule has 2 aliphatic carbocycles. The summed E-state index contributed by atoms with van der Waals surface area (Å²) in [7, 11) is 0. The molecule has 3 fully saturated rings. The van der Waals surface area contributed by atoms with E-state index in [-0.39, 0.29) is 18.0 Å². The summed E-state index contributed by atoms with van der Waals surface area (Å²) in [6, 6.07) is 0.653. The van der Waals surface area contributed by atoms with Crippen LogP contribution in [0.1, 0.15) is 63.2 Å². The first kappa shape index (κ1) is 18.6. The number of rotatable bonds is 7. The fraction of sp³-hybridized carbons (Fsp3) is 0.778. The number of hydrogen-bond donors (Lipinski definition) is 1. The highest BCUT2D eigenvalue weighted by atomic mass is 32.2. The van der Waals surface area contributed by atoms with Gasteiger partial charge in [0, 0.05) is 31.1 Å². The van der Waals surface area contributed by atoms with E-state index < -0.39 is 0 Å². The molecular formula is C18H27N5O3S. The van der Waals surface area contributed by atoms with Crippen LogP contribution >= 0.6 is 11.8 Å². The Balaban J connectivity index is 1.23. The average molecular weight is 394 g/mol. The molecule has 1 aromatic heterocycles. The second kappa shape index (κ2) is 8.08. The first-order valence-electron chi connectivity index (χ1n) is 9.94. The number of thioether (sulfide) groups is 1. The van der Waals surface area contributed by atoms with Gasteiger partial charge in [-0.1, -0.05) is 11.8 Å². The van der Waals surface area contributed by atoms with Gasteiger partial charge in [0.05, 0.1) is 12.4 Å². The molecule has 27 heavy (non-hydrogen) atoms. The van der Waals surface area contributed by atoms with Crippen LogP contribution in [0.3, 0.4) is 0 Å². The SMILES string of the molecule is CCOC(=O)N1CCC(NC(=O)CSc2nnc(C3CC3)n2C2CC2)CC1. The zero-order valence-electron chi connectivity index (χ0n) is 15.7. The van der Waals surface area contributed by atoms with Crippen molar-refractivity contribution in [2.24, 2.45) is 0 Å². The van der Waals surface area contributed by atoms with E-state index >= 15 is 0 Å². The van der Waals surface area contributed by atoms with Crippen molar-refractivity contribution in [1.29, 1.82) is 0 Å². The van der Waals surface area contributed by atoms with Crippen LogP contribution in [0.15, 0.2) is 5.16 Å². The molecule has 2 amide bonds. The smallest absolute Gasteiger partial charge is 0.409 e. The minimum absolute atomic E-state index is 0.0212. The van der Waals surface area contributed by atoms with Crippen molar-refractivity contribution in [3.05, 3.63) is 5.82 Å². The van der Waals surface area contributed by atoms with E-state index in [1.165, 1.54) is 37.4 Å². The molecule has 0 aromatic carbocycles. The first-order valence-corrected chi connectivity index (χ1v) is 10.9. The van der Waals surface area contributed by atoms with E-state index in [4.69, 9.17) is 4.74 Å². The molecule has 0 bridgehead atoms. The van der Waals surface area contributed by atoms with Gasteiger partial charge in [0.25, 0.3) is 0 Å². The Morgan fingerprint density at radius 1 is 1.15 bits per heavy atom. The van der Waals surface area contributed by atoms with Gasteiger partial charge in [0.15, 0.2) is 5.16 Å². The highest BCUT2D eigenvalue weighted by Crippen LogP contribution is 2.45. The third kappa shape index (κ3) is 4.56. The van der Waals surface area contributed by atoms with Gasteiger partial charge in [-0.25, -0.2) is 4.79 Å². The fourth-order valence-corrected chi connectivity index (χ4v) is 4.33. The van der Waals surface area contributed by atoms with Crippen molar-refractivity contribution < 1.29 is 14.3 Å². The quantitative estimate of drug-likeness (QED) is 0.715. The maximum Gasteiger partial charge on any atom is 0.409 e. The van der Waals surface area contributed by atoms with Crippen molar-refractivity contribution in [3.63, 3.8) is 0 Å². The molecule has 1 aromatic rings. The zero-order valence-corrected chi connectivity index (χ0v) is 16.5. The number of ether oxygens (including phenoxy) is 1. The highest BCUT2D eigenvalue weighted by Gasteiger charge is 2.36. The van der Waals surface area contributed by atoms with Crippen LogP contribution in [0, 0.1) is 0 Å². The summed E-state index contributed by atoms with van der Waals surface area (Å²) in [6.07, 6.45) is 6.07. The maximum atomic E-state index is 12.4. The highest BCUT2D eigenvalue weighted by molar-refractivity contribution is 7.99. The van der Waals surface area contributed by atoms with Gasteiger partial charge < -0.3 is 19.5 Å². The molecular weight excluding hydrogens is 366 g/mol. The number of amides is 2. The molecule has 0 radical (unpaired) electrons. The Hall–Kier alpha value is -1.77. The molecule has 0 atom stereocenters. The van der Waals surface area contributed by atoms with E-state index in [9.17, 15) is 9.59 Å². The van der Waals surface area contributed by atoms with Crippen LogP contribution in [0.5, 0.6) is 0 Å². The Morgan fingerprint density at radius 3 is 2.52 bits per heavy atom. The first-order chi connectivity index (χ1) is 13.2. The predicted molar refractivity (Wildman–Crippen MR) is 101 cm³/mol. The predicted octanol–water partition coefficient (Wildman–Crippen LogP) is 2.32. The summed E-state index contributed by atoms with van der Waals surface area (Å²) in [5.74, 6) is 2.07. The molecule has 8 nitrogen and oxygen atoms in total. The molecule has 1 aliphatic heterocycles. The van der Waals surface area contributed by atoms with Crippen LogP contribution in [-0.4, -0.2) is 63.2 Å². The van der Waals surface area contributed by atoms with E-state index in [1.54, 1.807) is 11.8 Å². The van der Waals surface area contributed by atoms with Gasteiger partial charge in [0.2, 0.25) is 5.91 Å². The molecule has 2 saturated carbocycles. The van der Waals surface area contributed by atoms with Crippen molar-refractivity contribution >= 4 is 23.8 Å². The lowest BCUT2D eigenvalue weighted by Crippen LogP contribution is -2.47. The summed E-state index contributed by atoms with van der Waals surface area (Å²) in [5.41, 5.74) is 0. The van der Waals surface area contributed by atoms with Crippen LogP contribution < -0.4 is 5.32 Å². The van der Waals surface area contributed by atoms with Crippen LogP contribution in [0.2, 0.25) is 0 Å². The Kier molecular flexibility index (Phi) is 5.56. The number of nitrogens with one attached hydrogen (secondary N) is 1. The topological polar surface area (TPSA) is 89.3 Å². The average Bonchev–Trinajstić information content (AvgIpc) is 3.59. The van der Waals surface area contributed by atoms with Gasteiger partial charge in [-0.3, -0.25) is 4.79 Å². The fourth-order valence-electron chi connectivity index (χ4n) is 3.50. The number of aromatic nitrogens is 3. The largest absolute Gasteiger partial charge is 0.450 e. The van der Waals surface area contributed by atoms with Gasteiger partial charge in [0.1, 0.15) is 5.82 Å². The lowest BCUT2D eigenvalue weighted by molar-refractivity contribution is -0.119. The number of likely N-dealkylation sites (tertiary alicyclic amines) is 1. The monoisotopic (exact) mass is 393 g/mol. The third-order valence-corrected chi connectivity index (χ3v) is 6.21. The van der Waals surface area contributed by atoms with Crippen molar-refractivity contribution in [2.45, 2.75) is 68.6 Å². The van der Waals surface area contributed by atoms with Gasteiger partial charge in [-0.2, -0.15) is 0 Å². The Labute approximate surface area is 163 Å². The molecule has 0 unspecified atom stereocenters. The summed E-state index contributed by atoms with van der Waals surface area (Å²) in [4.78, 5) is 25.8. The molecule has 9 heteroatoms. The van der Waals surface area contributed by atoms with E-state index in [1.807, 2.05) is 0 Å². The van der Waals surface area contributed by atoms with E-state index in [0.29, 0.717) is 37.4 Å². The second-order valence-electron chi connectivity index (χ2n) is 7.53. The summed E-state index contributed by atoms with van der Waals surface area (Å²) in [5, 5.41) is 12.7. The van der Waals surface area contributed by atoms with Gasteiger partial charge >= 0.3 is 6.09 Å². The number of piperidine rings is 1. The maximum absolute atomic E-state index is 12.4. The minimum Gasteiger partial charge on any atom is -0.450 e. The Morgan fingerprint density at radius 2 is 1.89 bits per heavy atom. The molecule has 148 valence electrons. The normalized spacial score (nSPS) is 20.6. The van der Waals surface area contributed by atoms with E-state index in [0.717, 1.165) is 23.8 Å². The van der Waals surface area contributed by atoms with Crippen molar-refractivity contribution in [2.75, 3.05) is 25.4 Å². The number of carbonyl (C=O) groups is 2. The van der Waals surface area contributed by atoms with E-state index in [2.05, 4.69) is 20.1 Å². The standard InChI is InChI=1S/C18H27N5O3S/c1-2-26-18(25)22-9-7-13(8-10-22)19-15(24)11-27-17-21-20-16(12-3-4-12)23(17)14-5-6-14/h12-14H,2-11H2,1H3,(H,19,24). The lowest BCUT2D eigenvalue weighted by atomic mass is 10.1. The van der Waals surface area contributed by atoms with Crippen LogP contribution in [0.4, 0.5) is 4.79 Å². The van der Waals surface area contributed by atoms with Crippen LogP contribution in [0.25, 0.3) is 0 Å². The molecule has 1 saturated heterocycles. The molecule has 2 heterocycles. The number of carbonyl (C=O) groups excluding carboxylic acids is 2. The van der Waals surface area contributed by atoms with Gasteiger partial charge in [-0.05, 0) is 45.4 Å². The molecule has 3 aliphatic rings.